The van der Waals surface area contributed by atoms with E-state index in [-0.39, 0.29) is 27.1 Å². The molecule has 3 nitrogen and oxygen atoms in total. The van der Waals surface area contributed by atoms with Gasteiger partial charge in [0.15, 0.2) is 0 Å². The normalized spacial score (nSPS) is 13.9. The number of fused-ring (bicyclic) bond motifs is 46. The molecule has 3 heteroatoms. The highest BCUT2D eigenvalue weighted by Crippen LogP contribution is 2.65. The first-order valence-electron chi connectivity index (χ1n) is 50.9. The molecule has 0 fully saturated rings. The fourth-order valence-corrected chi connectivity index (χ4v) is 26.4. The molecule has 0 saturated heterocycles. The Hall–Kier alpha value is -17.0. The van der Waals surface area contributed by atoms with E-state index in [0.29, 0.717) is 0 Å². The van der Waals surface area contributed by atoms with Crippen LogP contribution in [0.3, 0.4) is 0 Å². The summed E-state index contributed by atoms with van der Waals surface area (Å²) in [4.78, 5) is 0. The van der Waals surface area contributed by atoms with Gasteiger partial charge >= 0.3 is 0 Å². The quantitative estimate of drug-likeness (QED) is 0.165. The van der Waals surface area contributed by atoms with Gasteiger partial charge in [0.2, 0.25) is 0 Å². The largest absolute Gasteiger partial charge is 0.455 e. The van der Waals surface area contributed by atoms with Gasteiger partial charge in [-0.3, -0.25) is 0 Å². The summed E-state index contributed by atoms with van der Waals surface area (Å²) >= 11 is 0. The van der Waals surface area contributed by atoms with Crippen LogP contribution in [-0.4, -0.2) is 0 Å². The molecule has 682 valence electrons. The third-order valence-corrected chi connectivity index (χ3v) is 33.3. The average Bonchev–Trinajstić information content (AvgIpc) is 1.50. The lowest BCUT2D eigenvalue weighted by Gasteiger charge is -2.30. The molecule has 0 bridgehead atoms. The van der Waals surface area contributed by atoms with Crippen LogP contribution in [0.5, 0.6) is 0 Å². The molecule has 0 saturated carbocycles. The van der Waals surface area contributed by atoms with Gasteiger partial charge in [-0.05, 0) is 262 Å². The summed E-state index contributed by atoms with van der Waals surface area (Å²) in [6.07, 6.45) is 0. The van der Waals surface area contributed by atoms with Crippen LogP contribution in [0.25, 0.3) is 252 Å². The standard InChI is InChI=1S/C49H28O.C47H42O.C45H30O/c1-2-14-33-31(12-1)32-13-3-4-18-37(32)46-38(33)25-26-40-39-20-11-19-30(47(39)50-48(40)46)29-24-27-45-41(28-29)36-17-7-10-23-44(36)49(45)42-21-8-5-15-34(42)35-16-6-9-22-43(35)49;1-45(2,3)27-20-21-37-39(25-27)47(7,8)40-26-28(46(4,5)6)24-38(41(37)40)35-19-13-18-34-36-23-22-33-31-16-10-9-14-29(31)30-15-11-12-17-32(30)42(33)44(36)48-43(34)35;1-45(2)40-20-8-7-16-34(40)39-26-28(21-24-41(39)45)27-11-9-12-29(25-27)30-18-10-19-37-38-23-22-36-33-15-4-3-13-31(33)32-14-5-6-17-35(32)42(36)44(38)46-43(30)37/h1-28H;9-26H,1-8H3;3-26H,1-2H3. The predicted octanol–water partition coefficient (Wildman–Crippen LogP) is 39.4. The predicted molar refractivity (Wildman–Crippen MR) is 609 cm³/mol. The molecule has 31 rings (SSSR count). The Morgan fingerprint density at radius 3 is 0.889 bits per heavy atom. The highest BCUT2D eigenvalue weighted by Gasteiger charge is 2.52. The molecule has 24 aromatic carbocycles. The lowest BCUT2D eigenvalue weighted by molar-refractivity contribution is 0.580. The lowest BCUT2D eigenvalue weighted by Crippen LogP contribution is -2.25. The van der Waals surface area contributed by atoms with Crippen molar-refractivity contribution < 1.29 is 13.3 Å². The molecule has 4 aliphatic carbocycles. The van der Waals surface area contributed by atoms with Crippen LogP contribution in [-0.2, 0) is 27.1 Å². The Kier molecular flexibility index (Phi) is 17.8. The maximum atomic E-state index is 7.20. The number of rotatable bonds is 4. The van der Waals surface area contributed by atoms with Crippen molar-refractivity contribution in [1.82, 2.24) is 0 Å². The zero-order valence-electron chi connectivity index (χ0n) is 82.1. The molecule has 27 aromatic rings. The number of benzene rings is 24. The van der Waals surface area contributed by atoms with Gasteiger partial charge in [-0.1, -0.05) is 451 Å². The van der Waals surface area contributed by atoms with E-state index in [1.54, 1.807) is 0 Å². The summed E-state index contributed by atoms with van der Waals surface area (Å²) in [5, 5.41) is 29.2. The monoisotopic (exact) mass is 1840 g/mol. The van der Waals surface area contributed by atoms with E-state index in [0.717, 1.165) is 82.7 Å². The zero-order chi connectivity index (χ0) is 96.5. The number of hydrogen-bond donors (Lipinski definition) is 0. The molecule has 0 N–H and O–H groups in total. The minimum atomic E-state index is -0.342. The molecule has 0 amide bonds. The molecule has 0 radical (unpaired) electrons. The van der Waals surface area contributed by atoms with Crippen molar-refractivity contribution in [3.05, 3.63) is 480 Å². The fraction of sp³-hybridized carbons (Fsp3) is 0.106. The number of furan rings is 3. The highest BCUT2D eigenvalue weighted by atomic mass is 16.3. The summed E-state index contributed by atoms with van der Waals surface area (Å²) in [6, 6.07) is 157. The smallest absolute Gasteiger partial charge is 0.143 e. The Balaban J connectivity index is 0.000000103. The Bertz CT molecular complexity index is 10200. The van der Waals surface area contributed by atoms with E-state index < -0.39 is 0 Å². The molecule has 4 aliphatic rings. The van der Waals surface area contributed by atoms with E-state index >= 15 is 0 Å². The second kappa shape index (κ2) is 30.5. The molecular formula is C141H100O3. The van der Waals surface area contributed by atoms with Crippen LogP contribution < -0.4 is 0 Å². The van der Waals surface area contributed by atoms with Crippen LogP contribution in [0.2, 0.25) is 0 Å². The van der Waals surface area contributed by atoms with Crippen molar-refractivity contribution in [3.8, 4) is 89.0 Å². The third-order valence-electron chi connectivity index (χ3n) is 33.3. The molecule has 0 unspecified atom stereocenters. The van der Waals surface area contributed by atoms with E-state index in [9.17, 15) is 0 Å². The first-order valence-corrected chi connectivity index (χ1v) is 50.9. The third kappa shape index (κ3) is 11.8. The summed E-state index contributed by atoms with van der Waals surface area (Å²) in [7, 11) is 0. The summed E-state index contributed by atoms with van der Waals surface area (Å²) in [5.41, 5.74) is 39.1. The lowest BCUT2D eigenvalue weighted by atomic mass is 9.70. The van der Waals surface area contributed by atoms with Crippen LogP contribution >= 0.6 is 0 Å². The van der Waals surface area contributed by atoms with Gasteiger partial charge in [0.1, 0.15) is 33.5 Å². The summed E-state index contributed by atoms with van der Waals surface area (Å²) in [5.74, 6) is 0. The number of hydrogen-bond acceptors (Lipinski definition) is 3. The first kappa shape index (κ1) is 83.9. The van der Waals surface area contributed by atoms with Crippen molar-refractivity contribution >= 4 is 163 Å². The zero-order valence-corrected chi connectivity index (χ0v) is 82.1. The second-order valence-electron chi connectivity index (χ2n) is 43.7. The maximum absolute atomic E-state index is 7.20. The highest BCUT2D eigenvalue weighted by molar-refractivity contribution is 6.36. The van der Waals surface area contributed by atoms with Gasteiger partial charge in [-0.15, -0.1) is 0 Å². The first-order chi connectivity index (χ1) is 70.2. The van der Waals surface area contributed by atoms with Gasteiger partial charge in [0, 0.05) is 76.0 Å². The second-order valence-corrected chi connectivity index (χ2v) is 43.7. The van der Waals surface area contributed by atoms with Crippen molar-refractivity contribution in [2.24, 2.45) is 0 Å². The number of para-hydroxylation sites is 3. The summed E-state index contributed by atoms with van der Waals surface area (Å²) < 4.78 is 21.3. The van der Waals surface area contributed by atoms with Crippen molar-refractivity contribution in [2.45, 2.75) is 96.3 Å². The van der Waals surface area contributed by atoms with Crippen molar-refractivity contribution in [2.75, 3.05) is 0 Å². The average molecular weight is 1840 g/mol. The van der Waals surface area contributed by atoms with E-state index in [4.69, 9.17) is 13.3 Å². The van der Waals surface area contributed by atoms with E-state index in [2.05, 4.69) is 494 Å². The molecule has 3 heterocycles. The molecular weight excluding hydrogens is 1740 g/mol. The fourth-order valence-electron chi connectivity index (χ4n) is 26.4. The molecule has 1 spiro atoms. The van der Waals surface area contributed by atoms with Crippen molar-refractivity contribution in [3.63, 3.8) is 0 Å². The van der Waals surface area contributed by atoms with E-state index in [1.807, 2.05) is 0 Å². The van der Waals surface area contributed by atoms with Crippen LogP contribution in [0.15, 0.2) is 438 Å². The Labute approximate surface area is 835 Å². The van der Waals surface area contributed by atoms with E-state index in [1.165, 1.54) is 225 Å². The van der Waals surface area contributed by atoms with Crippen molar-refractivity contribution in [1.29, 1.82) is 0 Å². The van der Waals surface area contributed by atoms with Crippen LogP contribution in [0.4, 0.5) is 0 Å². The maximum Gasteiger partial charge on any atom is 0.143 e. The topological polar surface area (TPSA) is 39.4 Å². The Morgan fingerprint density at radius 1 is 0.160 bits per heavy atom. The van der Waals surface area contributed by atoms with Gasteiger partial charge in [-0.2, -0.15) is 0 Å². The van der Waals surface area contributed by atoms with Gasteiger partial charge in [0.25, 0.3) is 0 Å². The molecule has 3 aromatic heterocycles. The minimum Gasteiger partial charge on any atom is -0.455 e. The van der Waals surface area contributed by atoms with Gasteiger partial charge in [0.05, 0.1) is 5.41 Å². The van der Waals surface area contributed by atoms with Crippen LogP contribution in [0.1, 0.15) is 125 Å². The van der Waals surface area contributed by atoms with Crippen LogP contribution in [0, 0.1) is 0 Å². The Morgan fingerprint density at radius 2 is 0.438 bits per heavy atom. The van der Waals surface area contributed by atoms with Gasteiger partial charge < -0.3 is 13.3 Å². The molecule has 144 heavy (non-hydrogen) atoms. The summed E-state index contributed by atoms with van der Waals surface area (Å²) in [6.45, 7) is 23.4. The molecule has 0 aliphatic heterocycles. The SMILES string of the molecule is CC(C)(C)c1ccc2c(c1)C(C)(C)c1cc(C(C)(C)C)cc(-c3cccc4c3oc3c4ccc4c5ccccc5c5ccccc5c43)c1-2.CC1(C)c2ccccc2-c2cc(-c3cccc(-c4cccc5c4oc4c5ccc5c6ccccc6c6ccccc6c54)c3)ccc21.c1ccc2c(c1)-c1ccccc1C21c2ccccc2-c2cc(-c3cccc4c3oc3c4ccc4c5ccccc5c5ccccc5c43)ccc21. The minimum absolute atomic E-state index is 0.00499. The van der Waals surface area contributed by atoms with Gasteiger partial charge in [-0.25, -0.2) is 0 Å². The molecule has 0 atom stereocenters.